The lowest BCUT2D eigenvalue weighted by Gasteiger charge is -2.17. The monoisotopic (exact) mass is 176 g/mol. The smallest absolute Gasteiger partial charge is 0.225 e. The zero-order valence-electron chi connectivity index (χ0n) is 7.30. The van der Waals surface area contributed by atoms with E-state index in [-0.39, 0.29) is 0 Å². The fraction of sp³-hybridized carbons (Fsp3) is 0.556. The van der Waals surface area contributed by atoms with Gasteiger partial charge in [-0.3, -0.25) is 0 Å². The lowest BCUT2D eigenvalue weighted by molar-refractivity contribution is 0.725. The lowest BCUT2D eigenvalue weighted by atomic mass is 10.4. The summed E-state index contributed by atoms with van der Waals surface area (Å²) in [6, 6.07) is 2.28. The quantitative estimate of drug-likeness (QED) is 0.647. The third-order valence-electron chi connectivity index (χ3n) is 3.10. The number of hydrogen-bond acceptors (Lipinski definition) is 4. The zero-order chi connectivity index (χ0) is 8.84. The maximum Gasteiger partial charge on any atom is 0.225 e. The van der Waals surface area contributed by atoms with E-state index in [1.807, 2.05) is 6.07 Å². The van der Waals surface area contributed by atoms with Crippen LogP contribution >= 0.6 is 0 Å². The van der Waals surface area contributed by atoms with Crippen LogP contribution in [-0.2, 0) is 0 Å². The Bertz CT molecular complexity index is 301. The molecule has 2 N–H and O–H groups in total. The molecule has 0 bridgehead atoms. The van der Waals surface area contributed by atoms with E-state index >= 15 is 0 Å². The van der Waals surface area contributed by atoms with Crippen LogP contribution < -0.4 is 10.6 Å². The summed E-state index contributed by atoms with van der Waals surface area (Å²) in [5.74, 6) is 2.24. The minimum atomic E-state index is 0.444. The molecular weight excluding hydrogens is 164 g/mol. The molecule has 0 amide bonds. The number of piperidine rings is 1. The molecular formula is C9H12N4. The first-order chi connectivity index (χ1) is 6.36. The fourth-order valence-corrected chi connectivity index (χ4v) is 2.19. The molecule has 3 atom stereocenters. The maximum absolute atomic E-state index is 5.84. The van der Waals surface area contributed by atoms with Crippen LogP contribution in [0.1, 0.15) is 0 Å². The molecule has 1 aromatic rings. The second-order valence-electron chi connectivity index (χ2n) is 3.86. The van der Waals surface area contributed by atoms with Gasteiger partial charge in [0.2, 0.25) is 5.95 Å². The van der Waals surface area contributed by atoms with Crippen LogP contribution in [0.4, 0.5) is 5.95 Å². The van der Waals surface area contributed by atoms with Crippen molar-refractivity contribution >= 4 is 5.95 Å². The second-order valence-corrected chi connectivity index (χ2v) is 3.86. The van der Waals surface area contributed by atoms with E-state index in [4.69, 9.17) is 5.73 Å². The number of nitrogens with zero attached hydrogens (tertiary/aromatic N) is 3. The highest BCUT2D eigenvalue weighted by atomic mass is 15.3. The van der Waals surface area contributed by atoms with Crippen LogP contribution in [0.2, 0.25) is 0 Å². The first-order valence-corrected chi connectivity index (χ1v) is 4.64. The average Bonchev–Trinajstić information content (AvgIpc) is 2.67. The van der Waals surface area contributed by atoms with E-state index in [9.17, 15) is 0 Å². The highest BCUT2D eigenvalue weighted by molar-refractivity contribution is 5.35. The molecule has 2 aliphatic rings. The van der Waals surface area contributed by atoms with Crippen LogP contribution in [0.3, 0.4) is 0 Å². The van der Waals surface area contributed by atoms with Crippen LogP contribution in [0.5, 0.6) is 0 Å². The summed E-state index contributed by atoms with van der Waals surface area (Å²) in [6.07, 6.45) is 3.57. The van der Waals surface area contributed by atoms with E-state index < -0.39 is 0 Å². The van der Waals surface area contributed by atoms with Gasteiger partial charge in [-0.2, -0.15) is 0 Å². The van der Waals surface area contributed by atoms with E-state index in [0.29, 0.717) is 17.9 Å². The molecule has 2 fully saturated rings. The highest BCUT2D eigenvalue weighted by Gasteiger charge is 2.54. The van der Waals surface area contributed by atoms with Gasteiger partial charge in [-0.1, -0.05) is 0 Å². The van der Waals surface area contributed by atoms with Crippen molar-refractivity contribution in [3.8, 4) is 0 Å². The molecule has 1 aliphatic heterocycles. The van der Waals surface area contributed by atoms with Gasteiger partial charge in [-0.15, -0.1) is 0 Å². The standard InChI is InChI=1S/C9H12N4/c10-8-6-4-13(5-7(6)8)9-11-2-1-3-12-9/h1-3,6-8H,4-5,10H2/t6-,7+,8?. The highest BCUT2D eigenvalue weighted by Crippen LogP contribution is 2.44. The Hall–Kier alpha value is -1.16. The van der Waals surface area contributed by atoms with Crippen LogP contribution in [0.25, 0.3) is 0 Å². The normalized spacial score (nSPS) is 36.1. The van der Waals surface area contributed by atoms with E-state index in [1.54, 1.807) is 12.4 Å². The topological polar surface area (TPSA) is 55.0 Å². The van der Waals surface area contributed by atoms with Gasteiger partial charge in [0.05, 0.1) is 0 Å². The van der Waals surface area contributed by atoms with Gasteiger partial charge in [0.15, 0.2) is 0 Å². The Kier molecular flexibility index (Phi) is 1.35. The van der Waals surface area contributed by atoms with Crippen molar-refractivity contribution in [2.75, 3.05) is 18.0 Å². The summed E-state index contributed by atoms with van der Waals surface area (Å²) < 4.78 is 0. The summed E-state index contributed by atoms with van der Waals surface area (Å²) in [6.45, 7) is 2.08. The second kappa shape index (κ2) is 2.42. The minimum Gasteiger partial charge on any atom is -0.340 e. The van der Waals surface area contributed by atoms with E-state index in [2.05, 4.69) is 14.9 Å². The molecule has 2 heterocycles. The molecule has 0 aromatic carbocycles. The van der Waals surface area contributed by atoms with Crippen molar-refractivity contribution in [3.05, 3.63) is 18.5 Å². The Labute approximate surface area is 76.8 Å². The SMILES string of the molecule is NC1[C@H]2CN(c3ncccn3)C[C@@H]12. The fourth-order valence-electron chi connectivity index (χ4n) is 2.19. The number of rotatable bonds is 1. The van der Waals surface area contributed by atoms with Crippen molar-refractivity contribution in [1.29, 1.82) is 0 Å². The van der Waals surface area contributed by atoms with Crippen molar-refractivity contribution in [1.82, 2.24) is 9.97 Å². The molecule has 13 heavy (non-hydrogen) atoms. The number of nitrogens with two attached hydrogens (primary N) is 1. The molecule has 1 aliphatic carbocycles. The van der Waals surface area contributed by atoms with E-state index in [1.165, 1.54) is 0 Å². The van der Waals surface area contributed by atoms with Crippen molar-refractivity contribution in [2.45, 2.75) is 6.04 Å². The summed E-state index contributed by atoms with van der Waals surface area (Å²) in [4.78, 5) is 10.7. The first-order valence-electron chi connectivity index (χ1n) is 4.64. The number of hydrogen-bond donors (Lipinski definition) is 1. The molecule has 1 unspecified atom stereocenters. The number of aromatic nitrogens is 2. The number of anilines is 1. The molecule has 0 radical (unpaired) electrons. The van der Waals surface area contributed by atoms with Gasteiger partial charge < -0.3 is 10.6 Å². The van der Waals surface area contributed by atoms with Crippen LogP contribution in [-0.4, -0.2) is 29.1 Å². The average molecular weight is 176 g/mol. The van der Waals surface area contributed by atoms with Gasteiger partial charge in [0.25, 0.3) is 0 Å². The Morgan fingerprint density at radius 2 is 1.85 bits per heavy atom. The molecule has 0 spiro atoms. The maximum atomic E-state index is 5.84. The number of fused-ring (bicyclic) bond motifs is 1. The Morgan fingerprint density at radius 1 is 1.23 bits per heavy atom. The molecule has 1 aromatic heterocycles. The zero-order valence-corrected chi connectivity index (χ0v) is 7.30. The summed E-state index contributed by atoms with van der Waals surface area (Å²) >= 11 is 0. The van der Waals surface area contributed by atoms with Crippen molar-refractivity contribution < 1.29 is 0 Å². The van der Waals surface area contributed by atoms with Crippen molar-refractivity contribution in [2.24, 2.45) is 17.6 Å². The molecule has 3 rings (SSSR count). The third kappa shape index (κ3) is 1.02. The Morgan fingerprint density at radius 3 is 2.46 bits per heavy atom. The van der Waals surface area contributed by atoms with Crippen molar-refractivity contribution in [3.63, 3.8) is 0 Å². The summed E-state index contributed by atoms with van der Waals surface area (Å²) in [5.41, 5.74) is 5.84. The molecule has 1 saturated carbocycles. The largest absolute Gasteiger partial charge is 0.340 e. The first kappa shape index (κ1) is 7.26. The molecule has 68 valence electrons. The van der Waals surface area contributed by atoms with Gasteiger partial charge >= 0.3 is 0 Å². The molecule has 1 saturated heterocycles. The van der Waals surface area contributed by atoms with Gasteiger partial charge in [-0.05, 0) is 17.9 Å². The summed E-state index contributed by atoms with van der Waals surface area (Å²) in [5, 5.41) is 0. The predicted molar refractivity (Wildman–Crippen MR) is 49.2 cm³/mol. The molecule has 4 nitrogen and oxygen atoms in total. The van der Waals surface area contributed by atoms with Gasteiger partial charge in [0, 0.05) is 31.5 Å². The summed E-state index contributed by atoms with van der Waals surface area (Å²) in [7, 11) is 0. The lowest BCUT2D eigenvalue weighted by Crippen LogP contribution is -2.29. The minimum absolute atomic E-state index is 0.444. The van der Waals surface area contributed by atoms with Gasteiger partial charge in [0.1, 0.15) is 0 Å². The van der Waals surface area contributed by atoms with Crippen LogP contribution in [0.15, 0.2) is 18.5 Å². The van der Waals surface area contributed by atoms with Gasteiger partial charge in [-0.25, -0.2) is 9.97 Å². The molecule has 4 heteroatoms. The third-order valence-corrected chi connectivity index (χ3v) is 3.10. The van der Waals surface area contributed by atoms with E-state index in [0.717, 1.165) is 19.0 Å². The predicted octanol–water partition coefficient (Wildman–Crippen LogP) is -0.130. The van der Waals surface area contributed by atoms with Crippen LogP contribution in [0, 0.1) is 11.8 Å². The Balaban J connectivity index is 1.76.